The minimum absolute atomic E-state index is 0. The Kier molecular flexibility index (Phi) is 14.6. The number of aromatic hydroxyl groups is 2. The Morgan fingerprint density at radius 2 is 1.07 bits per heavy atom. The number of aliphatic carboxylic acids is 1. The Morgan fingerprint density at radius 3 is 1.40 bits per heavy atom. The molecule has 5 N–H and O–H groups in total. The number of ether oxygens (including phenoxy) is 3. The first-order valence-electron chi connectivity index (χ1n) is 13.7. The van der Waals surface area contributed by atoms with E-state index in [1.807, 2.05) is 41.5 Å². The van der Waals surface area contributed by atoms with E-state index in [2.05, 4.69) is 0 Å². The van der Waals surface area contributed by atoms with Gasteiger partial charge in [-0.2, -0.15) is 35.4 Å². The Balaban J connectivity index is 0.000000723. The average Bonchev–Trinajstić information content (AvgIpc) is 2.92. The molecule has 2 atom stereocenters. The number of rotatable bonds is 3. The van der Waals surface area contributed by atoms with Crippen LogP contribution < -0.4 is 9.47 Å². The van der Waals surface area contributed by atoms with Gasteiger partial charge in [-0.05, 0) is 109 Å². The number of carbonyl (C=O) groups excluding carboxylic acids is 1. The highest BCUT2D eigenvalue weighted by Gasteiger charge is 2.42. The Hall–Kier alpha value is -2.85. The van der Waals surface area contributed by atoms with Crippen molar-refractivity contribution in [2.24, 2.45) is 0 Å². The molecule has 0 spiro atoms. The van der Waals surface area contributed by atoms with E-state index in [0.717, 1.165) is 50.3 Å². The van der Waals surface area contributed by atoms with Gasteiger partial charge < -0.3 is 29.5 Å². The molecule has 0 fully saturated rings. The summed E-state index contributed by atoms with van der Waals surface area (Å²) < 4.78 is 48.4. The molecule has 2 aliphatic rings. The molecule has 2 heterocycles. The molecule has 0 saturated heterocycles. The summed E-state index contributed by atoms with van der Waals surface area (Å²) in [6.45, 7) is 16.6. The lowest BCUT2D eigenvalue weighted by atomic mass is 9.87. The third-order valence-electron chi connectivity index (χ3n) is 8.20. The van der Waals surface area contributed by atoms with Gasteiger partial charge in [0.25, 0.3) is 0 Å². The van der Waals surface area contributed by atoms with Crippen LogP contribution in [0.3, 0.4) is 0 Å². The normalized spacial score (nSPS) is 19.5. The van der Waals surface area contributed by atoms with E-state index < -0.39 is 27.6 Å². The second kappa shape index (κ2) is 15.6. The molecule has 0 aromatic heterocycles. The van der Waals surface area contributed by atoms with Gasteiger partial charge in [0.2, 0.25) is 11.2 Å². The summed E-state index contributed by atoms with van der Waals surface area (Å²) in [7, 11) is -4.67. The van der Waals surface area contributed by atoms with E-state index >= 15 is 0 Å². The number of carboxylic acid groups (broad SMARTS) is 1. The van der Waals surface area contributed by atoms with Crippen LogP contribution in [0.1, 0.15) is 78.1 Å². The van der Waals surface area contributed by atoms with Crippen LogP contribution in [0.15, 0.2) is 0 Å². The second-order valence-corrected chi connectivity index (χ2v) is 12.1. The van der Waals surface area contributed by atoms with Crippen molar-refractivity contribution in [2.45, 2.75) is 99.2 Å². The molecule has 0 bridgehead atoms. The molecular formula is C30H46O12S3. The zero-order valence-electron chi connectivity index (χ0n) is 27.0. The summed E-state index contributed by atoms with van der Waals surface area (Å²) >= 11 is 0. The summed E-state index contributed by atoms with van der Waals surface area (Å²) in [5, 5.41) is 29.4. The van der Waals surface area contributed by atoms with Crippen LogP contribution in [0, 0.1) is 41.5 Å². The van der Waals surface area contributed by atoms with Gasteiger partial charge >= 0.3 is 22.3 Å². The molecule has 12 nitrogen and oxygen atoms in total. The molecule has 15 heteroatoms. The number of benzene rings is 2. The van der Waals surface area contributed by atoms with Gasteiger partial charge in [0, 0.05) is 24.0 Å². The summed E-state index contributed by atoms with van der Waals surface area (Å²) in [6.07, 6.45) is 2.28. The number of fused-ring (bicyclic) bond motifs is 2. The number of hydrogen-bond donors (Lipinski definition) is 5. The minimum Gasteiger partial charge on any atom is -0.507 e. The minimum atomic E-state index is -4.67. The van der Waals surface area contributed by atoms with Crippen molar-refractivity contribution >= 4 is 49.3 Å². The van der Waals surface area contributed by atoms with Crippen molar-refractivity contribution in [1.29, 1.82) is 0 Å². The fraction of sp³-hybridized carbons (Fsp3) is 0.533. The SMILES string of the molecule is CCOC(=O)[C@]1(C)CCc2c(C)c(O)c(C)c(C)c2O1.Cc1c(C)c2c(c(C)c1O)CC[C@@](C)(C(=O)O)O2.O=S(=O)(O)O.S.S. The maximum absolute atomic E-state index is 12.1. The van der Waals surface area contributed by atoms with Crippen molar-refractivity contribution < 1.29 is 56.6 Å². The van der Waals surface area contributed by atoms with Gasteiger partial charge in [0.15, 0.2) is 0 Å². The van der Waals surface area contributed by atoms with Gasteiger partial charge in [-0.15, -0.1) is 0 Å². The van der Waals surface area contributed by atoms with Crippen LogP contribution >= 0.6 is 27.0 Å². The molecule has 2 aliphatic heterocycles. The van der Waals surface area contributed by atoms with E-state index in [1.54, 1.807) is 20.8 Å². The molecule has 2 aromatic carbocycles. The van der Waals surface area contributed by atoms with E-state index in [4.69, 9.17) is 31.7 Å². The molecule has 0 amide bonds. The molecule has 4 rings (SSSR count). The van der Waals surface area contributed by atoms with Crippen molar-refractivity contribution in [3.05, 3.63) is 44.5 Å². The molecule has 45 heavy (non-hydrogen) atoms. The molecule has 0 aliphatic carbocycles. The van der Waals surface area contributed by atoms with Crippen molar-refractivity contribution in [1.82, 2.24) is 0 Å². The maximum atomic E-state index is 12.1. The largest absolute Gasteiger partial charge is 0.507 e. The topological polar surface area (TPSA) is 197 Å². The predicted octanol–water partition coefficient (Wildman–Crippen LogP) is 5.02. The van der Waals surface area contributed by atoms with Crippen LogP contribution in [-0.4, -0.2) is 62.6 Å². The van der Waals surface area contributed by atoms with Crippen LogP contribution in [-0.2, 0) is 37.6 Å². The Labute approximate surface area is 278 Å². The van der Waals surface area contributed by atoms with Crippen LogP contribution in [0.2, 0.25) is 0 Å². The summed E-state index contributed by atoms with van der Waals surface area (Å²) in [6, 6.07) is 0. The first-order chi connectivity index (χ1) is 19.6. The number of carbonyl (C=O) groups is 2. The van der Waals surface area contributed by atoms with E-state index in [-0.39, 0.29) is 38.7 Å². The van der Waals surface area contributed by atoms with E-state index in [1.165, 1.54) is 0 Å². The number of esters is 1. The first-order valence-corrected chi connectivity index (χ1v) is 15.1. The van der Waals surface area contributed by atoms with E-state index in [0.29, 0.717) is 43.8 Å². The molecule has 2 aromatic rings. The Bertz CT molecular complexity index is 1530. The standard InChI is InChI=1S/C16H22O4.C14H18O4.H2O4S.2H2S/c1-6-19-15(18)16(5)8-7-12-11(4)13(17)9(2)10(3)14(12)20-16;1-7-8(2)12-10(9(3)11(7)15)5-6-14(4,18-12)13(16)17;1-5(2,3)4;;/h17H,6-8H2,1-5H3;15H,5-6H2,1-4H3,(H,16,17);(H2,1,2,3,4);2*1H2/t16-;14-;;;/m00.../s1. The zero-order chi connectivity index (χ0) is 33.2. The molecule has 256 valence electrons. The van der Waals surface area contributed by atoms with Crippen LogP contribution in [0.4, 0.5) is 0 Å². The first kappa shape index (κ1) is 42.1. The van der Waals surface area contributed by atoms with E-state index in [9.17, 15) is 24.9 Å². The van der Waals surface area contributed by atoms with Gasteiger partial charge in [-0.1, -0.05) is 0 Å². The molecule has 0 unspecified atom stereocenters. The number of phenols is 2. The molecular weight excluding hydrogens is 649 g/mol. The smallest absolute Gasteiger partial charge is 0.394 e. The quantitative estimate of drug-likeness (QED) is 0.213. The van der Waals surface area contributed by atoms with Gasteiger partial charge in [-0.25, -0.2) is 9.59 Å². The monoisotopic (exact) mass is 694 g/mol. The summed E-state index contributed by atoms with van der Waals surface area (Å²) in [5.41, 5.74) is 4.70. The maximum Gasteiger partial charge on any atom is 0.394 e. The van der Waals surface area contributed by atoms with Crippen LogP contribution in [0.25, 0.3) is 0 Å². The van der Waals surface area contributed by atoms with Crippen molar-refractivity contribution in [3.8, 4) is 23.0 Å². The second-order valence-electron chi connectivity index (χ2n) is 11.2. The highest BCUT2D eigenvalue weighted by molar-refractivity contribution is 7.79. The highest BCUT2D eigenvalue weighted by atomic mass is 32.3. The number of hydrogen-bond acceptors (Lipinski definition) is 9. The van der Waals surface area contributed by atoms with Crippen LogP contribution in [0.5, 0.6) is 23.0 Å². The fourth-order valence-electron chi connectivity index (χ4n) is 5.07. The predicted molar refractivity (Wildman–Crippen MR) is 179 cm³/mol. The fourth-order valence-corrected chi connectivity index (χ4v) is 5.07. The summed E-state index contributed by atoms with van der Waals surface area (Å²) in [4.78, 5) is 23.3. The average molecular weight is 695 g/mol. The lowest BCUT2D eigenvalue weighted by Gasteiger charge is -2.35. The molecule has 0 radical (unpaired) electrons. The van der Waals surface area contributed by atoms with Crippen molar-refractivity contribution in [3.63, 3.8) is 0 Å². The lowest BCUT2D eigenvalue weighted by molar-refractivity contribution is -0.161. The van der Waals surface area contributed by atoms with Gasteiger partial charge in [0.05, 0.1) is 6.61 Å². The number of carboxylic acids is 1. The third kappa shape index (κ3) is 9.35. The Morgan fingerprint density at radius 1 is 0.733 bits per heavy atom. The highest BCUT2D eigenvalue weighted by Crippen LogP contribution is 2.44. The zero-order valence-corrected chi connectivity index (χ0v) is 29.9. The number of phenolic OH excluding ortho intramolecular Hbond substituents is 2. The van der Waals surface area contributed by atoms with Crippen molar-refractivity contribution in [2.75, 3.05) is 6.61 Å². The van der Waals surface area contributed by atoms with Gasteiger partial charge in [0.1, 0.15) is 23.0 Å². The third-order valence-corrected chi connectivity index (χ3v) is 8.20. The summed E-state index contributed by atoms with van der Waals surface area (Å²) in [5.74, 6) is 0.682. The van der Waals surface area contributed by atoms with Gasteiger partial charge in [-0.3, -0.25) is 9.11 Å². The lowest BCUT2D eigenvalue weighted by Crippen LogP contribution is -2.46. The molecule has 0 saturated carbocycles.